The minimum Gasteiger partial charge on any atom is -0.444 e. The maximum absolute atomic E-state index is 12.1. The zero-order chi connectivity index (χ0) is 16.3. The molecule has 1 aliphatic rings. The van der Waals surface area contributed by atoms with Crippen molar-refractivity contribution in [2.45, 2.75) is 39.2 Å². The molecule has 1 amide bonds. The van der Waals surface area contributed by atoms with Crippen LogP contribution < -0.4 is 0 Å². The zero-order valence-corrected chi connectivity index (χ0v) is 14.7. The van der Waals surface area contributed by atoms with E-state index in [0.717, 1.165) is 10.0 Å². The van der Waals surface area contributed by atoms with Crippen LogP contribution in [0.25, 0.3) is 0 Å². The number of piperidine rings is 1. The molecule has 1 aromatic heterocycles. The predicted octanol–water partition coefficient (Wildman–Crippen LogP) is 3.21. The van der Waals surface area contributed by atoms with Gasteiger partial charge in [-0.25, -0.2) is 4.79 Å². The molecule has 0 aromatic carbocycles. The predicted molar refractivity (Wildman–Crippen MR) is 86.6 cm³/mol. The monoisotopic (exact) mass is 368 g/mol. The molecule has 2 heterocycles. The van der Waals surface area contributed by atoms with Crippen LogP contribution in [0.1, 0.15) is 32.8 Å². The highest BCUT2D eigenvalue weighted by Gasteiger charge is 2.32. The van der Waals surface area contributed by atoms with E-state index in [2.05, 4.69) is 20.9 Å². The number of Topliss-reactive ketones (excluding diaryl/α,β-unsaturated/α-hetero) is 1. The Labute approximate surface area is 139 Å². The fourth-order valence-corrected chi connectivity index (χ4v) is 2.84. The molecule has 1 atom stereocenters. The summed E-state index contributed by atoms with van der Waals surface area (Å²) in [7, 11) is 0. The number of ether oxygens (including phenoxy) is 1. The van der Waals surface area contributed by atoms with Crippen LogP contribution in [0.15, 0.2) is 22.9 Å². The van der Waals surface area contributed by atoms with Gasteiger partial charge in [-0.15, -0.1) is 0 Å². The number of rotatable bonds is 2. The Hall–Kier alpha value is -1.43. The summed E-state index contributed by atoms with van der Waals surface area (Å²) in [5.74, 6) is -0.00264. The summed E-state index contributed by atoms with van der Waals surface area (Å²) in [6.07, 6.45) is 4.08. The molecule has 120 valence electrons. The van der Waals surface area contributed by atoms with Gasteiger partial charge in [-0.05, 0) is 54.8 Å². The first-order valence-corrected chi connectivity index (χ1v) is 8.14. The summed E-state index contributed by atoms with van der Waals surface area (Å²) in [5.41, 5.74) is 0.459. The van der Waals surface area contributed by atoms with Crippen molar-refractivity contribution < 1.29 is 14.3 Å². The Morgan fingerprint density at radius 2 is 2.18 bits per heavy atom. The largest absolute Gasteiger partial charge is 0.444 e. The standard InChI is InChI=1S/C16H21BrN2O3/c1-16(2,3)22-15(21)19-5-4-14(20)12(10-19)6-11-7-13(17)9-18-8-11/h7-9,12H,4-6,10H2,1-3H3. The van der Waals surface area contributed by atoms with Crippen molar-refractivity contribution in [1.29, 1.82) is 0 Å². The molecule has 2 rings (SSSR count). The van der Waals surface area contributed by atoms with Gasteiger partial charge in [-0.3, -0.25) is 9.78 Å². The van der Waals surface area contributed by atoms with E-state index < -0.39 is 5.60 Å². The molecular weight excluding hydrogens is 348 g/mol. The number of aromatic nitrogens is 1. The van der Waals surface area contributed by atoms with Crippen molar-refractivity contribution in [1.82, 2.24) is 9.88 Å². The van der Waals surface area contributed by atoms with E-state index in [1.807, 2.05) is 26.8 Å². The van der Waals surface area contributed by atoms with Gasteiger partial charge in [-0.2, -0.15) is 0 Å². The average Bonchev–Trinajstić information content (AvgIpc) is 2.39. The Balaban J connectivity index is 2.02. The Morgan fingerprint density at radius 1 is 1.45 bits per heavy atom. The molecule has 1 unspecified atom stereocenters. The first-order chi connectivity index (χ1) is 10.2. The molecule has 0 N–H and O–H groups in total. The highest BCUT2D eigenvalue weighted by atomic mass is 79.9. The van der Waals surface area contributed by atoms with Gasteiger partial charge < -0.3 is 9.64 Å². The second-order valence-corrected chi connectivity index (χ2v) is 7.47. The molecule has 0 spiro atoms. The normalized spacial score (nSPS) is 19.2. The number of pyridine rings is 1. The number of likely N-dealkylation sites (tertiary alicyclic amines) is 1. The van der Waals surface area contributed by atoms with Crippen LogP contribution in [0.2, 0.25) is 0 Å². The lowest BCUT2D eigenvalue weighted by molar-refractivity contribution is -0.125. The van der Waals surface area contributed by atoms with Gasteiger partial charge in [0.05, 0.1) is 0 Å². The van der Waals surface area contributed by atoms with E-state index in [1.165, 1.54) is 0 Å². The van der Waals surface area contributed by atoms with Crippen molar-refractivity contribution in [3.05, 3.63) is 28.5 Å². The van der Waals surface area contributed by atoms with Gasteiger partial charge in [0.25, 0.3) is 0 Å². The van der Waals surface area contributed by atoms with Crippen LogP contribution in [0.4, 0.5) is 4.79 Å². The van der Waals surface area contributed by atoms with Gasteiger partial charge >= 0.3 is 6.09 Å². The van der Waals surface area contributed by atoms with Crippen LogP contribution >= 0.6 is 15.9 Å². The van der Waals surface area contributed by atoms with Gasteiger partial charge in [-0.1, -0.05) is 0 Å². The number of carbonyl (C=O) groups excluding carboxylic acids is 2. The number of carbonyl (C=O) groups is 2. The summed E-state index contributed by atoms with van der Waals surface area (Å²) >= 11 is 3.38. The van der Waals surface area contributed by atoms with Crippen molar-refractivity contribution in [3.63, 3.8) is 0 Å². The highest BCUT2D eigenvalue weighted by molar-refractivity contribution is 9.10. The maximum atomic E-state index is 12.1. The molecule has 0 aliphatic carbocycles. The van der Waals surface area contributed by atoms with E-state index in [1.54, 1.807) is 17.3 Å². The minimum absolute atomic E-state index is 0.194. The number of hydrogen-bond donors (Lipinski definition) is 0. The fourth-order valence-electron chi connectivity index (χ4n) is 2.43. The second-order valence-electron chi connectivity index (χ2n) is 6.56. The molecular formula is C16H21BrN2O3. The molecule has 22 heavy (non-hydrogen) atoms. The number of nitrogens with zero attached hydrogens (tertiary/aromatic N) is 2. The van der Waals surface area contributed by atoms with Gasteiger partial charge in [0.15, 0.2) is 0 Å². The summed E-state index contributed by atoms with van der Waals surface area (Å²) in [4.78, 5) is 30.0. The first kappa shape index (κ1) is 16.9. The smallest absolute Gasteiger partial charge is 0.410 e. The maximum Gasteiger partial charge on any atom is 0.410 e. The van der Waals surface area contributed by atoms with Crippen LogP contribution in [0, 0.1) is 5.92 Å². The van der Waals surface area contributed by atoms with Crippen molar-refractivity contribution in [2.24, 2.45) is 5.92 Å². The van der Waals surface area contributed by atoms with Gasteiger partial charge in [0.1, 0.15) is 11.4 Å². The third kappa shape index (κ3) is 4.80. The van der Waals surface area contributed by atoms with Crippen molar-refractivity contribution in [2.75, 3.05) is 13.1 Å². The van der Waals surface area contributed by atoms with E-state index in [-0.39, 0.29) is 17.8 Å². The number of ketones is 1. The first-order valence-electron chi connectivity index (χ1n) is 7.34. The van der Waals surface area contributed by atoms with Gasteiger partial charge in [0, 0.05) is 42.3 Å². The minimum atomic E-state index is -0.526. The lowest BCUT2D eigenvalue weighted by atomic mass is 9.91. The van der Waals surface area contributed by atoms with Crippen molar-refractivity contribution >= 4 is 27.8 Å². The van der Waals surface area contributed by atoms with E-state index >= 15 is 0 Å². The molecule has 6 heteroatoms. The lowest BCUT2D eigenvalue weighted by Crippen LogP contribution is -2.46. The summed E-state index contributed by atoms with van der Waals surface area (Å²) in [6, 6.07) is 1.95. The van der Waals surface area contributed by atoms with Crippen molar-refractivity contribution in [3.8, 4) is 0 Å². The molecule has 0 radical (unpaired) electrons. The molecule has 1 fully saturated rings. The molecule has 0 saturated carbocycles. The number of halogens is 1. The van der Waals surface area contributed by atoms with Gasteiger partial charge in [0.2, 0.25) is 0 Å². The topological polar surface area (TPSA) is 59.5 Å². The lowest BCUT2D eigenvalue weighted by Gasteiger charge is -2.33. The van der Waals surface area contributed by atoms with Crippen LogP contribution in [0.5, 0.6) is 0 Å². The quantitative estimate of drug-likeness (QED) is 0.803. The molecule has 5 nitrogen and oxygen atoms in total. The van der Waals surface area contributed by atoms with E-state index in [9.17, 15) is 9.59 Å². The van der Waals surface area contributed by atoms with Crippen LogP contribution in [-0.2, 0) is 16.0 Å². The summed E-state index contributed by atoms with van der Waals surface area (Å²) in [5, 5.41) is 0. The average molecular weight is 369 g/mol. The third-order valence-corrected chi connectivity index (χ3v) is 3.85. The summed E-state index contributed by atoms with van der Waals surface area (Å²) < 4.78 is 6.27. The molecule has 0 bridgehead atoms. The number of amides is 1. The molecule has 1 aromatic rings. The Kier molecular flexibility index (Phi) is 5.21. The van der Waals surface area contributed by atoms with E-state index in [0.29, 0.717) is 25.9 Å². The van der Waals surface area contributed by atoms with Crippen LogP contribution in [0.3, 0.4) is 0 Å². The number of hydrogen-bond acceptors (Lipinski definition) is 4. The zero-order valence-electron chi connectivity index (χ0n) is 13.1. The fraction of sp³-hybridized carbons (Fsp3) is 0.562. The Bertz CT molecular complexity index is 569. The SMILES string of the molecule is CC(C)(C)OC(=O)N1CCC(=O)C(Cc2cncc(Br)c2)C1. The highest BCUT2D eigenvalue weighted by Crippen LogP contribution is 2.21. The molecule has 1 aliphatic heterocycles. The molecule has 1 saturated heterocycles. The summed E-state index contributed by atoms with van der Waals surface area (Å²) in [6.45, 7) is 6.35. The second kappa shape index (κ2) is 6.77. The Morgan fingerprint density at radius 3 is 2.82 bits per heavy atom. The van der Waals surface area contributed by atoms with E-state index in [4.69, 9.17) is 4.74 Å². The third-order valence-electron chi connectivity index (χ3n) is 3.42. The van der Waals surface area contributed by atoms with Crippen LogP contribution in [-0.4, -0.2) is 40.5 Å².